The molecule has 0 aliphatic carbocycles. The summed E-state index contributed by atoms with van der Waals surface area (Å²) >= 11 is 5.62. The summed E-state index contributed by atoms with van der Waals surface area (Å²) < 4.78 is 37.3. The maximum absolute atomic E-state index is 12.4. The molecule has 0 bridgehead atoms. The maximum Gasteiger partial charge on any atom is 0.433 e. The van der Waals surface area contributed by atoms with Gasteiger partial charge >= 0.3 is 6.18 Å². The van der Waals surface area contributed by atoms with Crippen LogP contribution in [0.5, 0.6) is 0 Å². The number of aromatic nitrogens is 1. The molecule has 0 fully saturated rings. The minimum Gasteiger partial charge on any atom is -0.365 e. The third-order valence-corrected chi connectivity index (χ3v) is 2.41. The summed E-state index contributed by atoms with van der Waals surface area (Å²) in [6, 6.07) is 3.78. The minimum absolute atomic E-state index is 0.204. The quantitative estimate of drug-likeness (QED) is 0.836. The number of hydrogen-bond acceptors (Lipinski definition) is 2. The summed E-state index contributed by atoms with van der Waals surface area (Å²) in [5.41, 5.74) is -1.29. The van der Waals surface area contributed by atoms with E-state index in [-0.39, 0.29) is 11.4 Å². The molecule has 0 aliphatic rings. The number of halogens is 4. The molecular formula is C11H14ClF3N2. The molecular weight excluding hydrogens is 253 g/mol. The van der Waals surface area contributed by atoms with Crippen molar-refractivity contribution in [2.75, 3.05) is 11.2 Å². The summed E-state index contributed by atoms with van der Waals surface area (Å²) in [6.07, 6.45) is -3.79. The first-order chi connectivity index (χ1) is 7.74. The lowest BCUT2D eigenvalue weighted by Gasteiger charge is -2.26. The van der Waals surface area contributed by atoms with E-state index in [1.807, 2.05) is 13.8 Å². The van der Waals surface area contributed by atoms with Gasteiger partial charge in [-0.3, -0.25) is 0 Å². The van der Waals surface area contributed by atoms with Gasteiger partial charge in [0.25, 0.3) is 0 Å². The van der Waals surface area contributed by atoms with Crippen LogP contribution in [0.1, 0.15) is 26.0 Å². The average Bonchev–Trinajstić information content (AvgIpc) is 2.15. The normalized spacial score (nSPS) is 12.6. The summed E-state index contributed by atoms with van der Waals surface area (Å²) in [6.45, 7) is 3.72. The number of pyridine rings is 1. The second-order valence-corrected chi connectivity index (χ2v) is 4.73. The van der Waals surface area contributed by atoms with Gasteiger partial charge in [0.2, 0.25) is 0 Å². The fraction of sp³-hybridized carbons (Fsp3) is 0.545. The van der Waals surface area contributed by atoms with E-state index in [1.165, 1.54) is 12.1 Å². The van der Waals surface area contributed by atoms with Gasteiger partial charge < -0.3 is 5.32 Å². The van der Waals surface area contributed by atoms with Crippen molar-refractivity contribution < 1.29 is 13.2 Å². The summed E-state index contributed by atoms with van der Waals surface area (Å²) in [5.74, 6) is 0.633. The molecule has 1 rings (SSSR count). The van der Waals surface area contributed by atoms with Gasteiger partial charge in [-0.25, -0.2) is 4.98 Å². The topological polar surface area (TPSA) is 24.9 Å². The van der Waals surface area contributed by atoms with E-state index in [0.717, 1.165) is 6.07 Å². The summed E-state index contributed by atoms with van der Waals surface area (Å²) in [7, 11) is 0. The smallest absolute Gasteiger partial charge is 0.365 e. The standard InChI is InChI=1S/C11H14ClF3N2/c1-10(2,6-7-12)17-9-5-3-4-8(16-9)11(13,14)15/h3-5H,6-7H2,1-2H3,(H,16,17). The van der Waals surface area contributed by atoms with Crippen LogP contribution in [0.25, 0.3) is 0 Å². The van der Waals surface area contributed by atoms with Crippen LogP contribution in [0.4, 0.5) is 19.0 Å². The van der Waals surface area contributed by atoms with Crippen LogP contribution in [-0.4, -0.2) is 16.4 Å². The second-order valence-electron chi connectivity index (χ2n) is 4.35. The van der Waals surface area contributed by atoms with E-state index in [0.29, 0.717) is 12.3 Å². The monoisotopic (exact) mass is 266 g/mol. The van der Waals surface area contributed by atoms with Crippen molar-refractivity contribution in [3.63, 3.8) is 0 Å². The minimum atomic E-state index is -4.42. The first-order valence-corrected chi connectivity index (χ1v) is 5.66. The van der Waals surface area contributed by atoms with Crippen molar-refractivity contribution in [2.45, 2.75) is 32.0 Å². The van der Waals surface area contributed by atoms with E-state index in [1.54, 1.807) is 0 Å². The van der Waals surface area contributed by atoms with Crippen molar-refractivity contribution in [3.05, 3.63) is 23.9 Å². The Morgan fingerprint density at radius 3 is 2.47 bits per heavy atom. The molecule has 1 N–H and O–H groups in total. The SMILES string of the molecule is CC(C)(CCCl)Nc1cccc(C(F)(F)F)n1. The lowest BCUT2D eigenvalue weighted by Crippen LogP contribution is -2.32. The Balaban J connectivity index is 2.86. The van der Waals surface area contributed by atoms with Gasteiger partial charge in [0.05, 0.1) is 0 Å². The van der Waals surface area contributed by atoms with Gasteiger partial charge in [-0.2, -0.15) is 13.2 Å². The number of nitrogens with zero attached hydrogens (tertiary/aromatic N) is 1. The zero-order chi connectivity index (χ0) is 13.1. The number of hydrogen-bond donors (Lipinski definition) is 1. The Bertz CT molecular complexity index is 377. The van der Waals surface area contributed by atoms with E-state index >= 15 is 0 Å². The molecule has 0 spiro atoms. The van der Waals surface area contributed by atoms with Gasteiger partial charge in [0.1, 0.15) is 11.5 Å². The first kappa shape index (κ1) is 14.1. The highest BCUT2D eigenvalue weighted by atomic mass is 35.5. The van der Waals surface area contributed by atoms with Gasteiger partial charge in [-0.15, -0.1) is 11.6 Å². The molecule has 0 amide bonds. The molecule has 6 heteroatoms. The molecule has 1 aromatic rings. The lowest BCUT2D eigenvalue weighted by molar-refractivity contribution is -0.141. The Morgan fingerprint density at radius 2 is 1.94 bits per heavy atom. The largest absolute Gasteiger partial charge is 0.433 e. The number of anilines is 1. The number of nitrogens with one attached hydrogen (secondary N) is 1. The number of alkyl halides is 4. The van der Waals surface area contributed by atoms with Crippen LogP contribution >= 0.6 is 11.6 Å². The Labute approximate surface area is 103 Å². The Hall–Kier alpha value is -0.970. The van der Waals surface area contributed by atoms with Gasteiger partial charge in [0.15, 0.2) is 0 Å². The van der Waals surface area contributed by atoms with Crippen molar-refractivity contribution >= 4 is 17.4 Å². The van der Waals surface area contributed by atoms with Crippen molar-refractivity contribution in [1.29, 1.82) is 0 Å². The molecule has 0 unspecified atom stereocenters. The molecule has 0 aromatic carbocycles. The molecule has 0 saturated carbocycles. The fourth-order valence-corrected chi connectivity index (χ4v) is 1.78. The molecule has 0 saturated heterocycles. The van der Waals surface area contributed by atoms with Crippen LogP contribution in [0.2, 0.25) is 0 Å². The van der Waals surface area contributed by atoms with Crippen molar-refractivity contribution in [1.82, 2.24) is 4.98 Å². The lowest BCUT2D eigenvalue weighted by atomic mass is 10.0. The van der Waals surface area contributed by atoms with Crippen LogP contribution in [0.15, 0.2) is 18.2 Å². The molecule has 1 heterocycles. The van der Waals surface area contributed by atoms with Crippen LogP contribution in [-0.2, 0) is 6.18 Å². The third kappa shape index (κ3) is 4.42. The highest BCUT2D eigenvalue weighted by Gasteiger charge is 2.32. The third-order valence-electron chi connectivity index (χ3n) is 2.23. The van der Waals surface area contributed by atoms with Gasteiger partial charge in [-0.1, -0.05) is 6.07 Å². The predicted molar refractivity (Wildman–Crippen MR) is 62.3 cm³/mol. The Morgan fingerprint density at radius 1 is 1.29 bits per heavy atom. The summed E-state index contributed by atoms with van der Waals surface area (Å²) in [4.78, 5) is 3.53. The van der Waals surface area contributed by atoms with E-state index in [9.17, 15) is 13.2 Å². The molecule has 96 valence electrons. The average molecular weight is 267 g/mol. The van der Waals surface area contributed by atoms with Crippen LogP contribution in [0.3, 0.4) is 0 Å². The number of rotatable bonds is 4. The van der Waals surface area contributed by atoms with Crippen LogP contribution in [0, 0.1) is 0 Å². The van der Waals surface area contributed by atoms with Gasteiger partial charge in [0, 0.05) is 11.4 Å². The van der Waals surface area contributed by atoms with E-state index in [2.05, 4.69) is 10.3 Å². The Kier molecular flexibility index (Phi) is 4.25. The molecule has 0 aliphatic heterocycles. The molecule has 17 heavy (non-hydrogen) atoms. The molecule has 0 atom stereocenters. The highest BCUT2D eigenvalue weighted by molar-refractivity contribution is 6.17. The second kappa shape index (κ2) is 5.12. The fourth-order valence-electron chi connectivity index (χ4n) is 1.31. The van der Waals surface area contributed by atoms with Gasteiger partial charge in [-0.05, 0) is 32.4 Å². The molecule has 1 aromatic heterocycles. The van der Waals surface area contributed by atoms with Crippen molar-refractivity contribution in [2.24, 2.45) is 0 Å². The summed E-state index contributed by atoms with van der Waals surface area (Å²) in [5, 5.41) is 2.94. The predicted octanol–water partition coefficient (Wildman–Crippen LogP) is 3.92. The molecule has 0 radical (unpaired) electrons. The van der Waals surface area contributed by atoms with Crippen molar-refractivity contribution in [3.8, 4) is 0 Å². The maximum atomic E-state index is 12.4. The highest BCUT2D eigenvalue weighted by Crippen LogP contribution is 2.28. The van der Waals surface area contributed by atoms with Crippen LogP contribution < -0.4 is 5.32 Å². The zero-order valence-electron chi connectivity index (χ0n) is 9.61. The van der Waals surface area contributed by atoms with E-state index < -0.39 is 11.9 Å². The van der Waals surface area contributed by atoms with E-state index in [4.69, 9.17) is 11.6 Å². The zero-order valence-corrected chi connectivity index (χ0v) is 10.4. The first-order valence-electron chi connectivity index (χ1n) is 5.13. The molecule has 2 nitrogen and oxygen atoms in total.